The number of rotatable bonds is 3. The van der Waals surface area contributed by atoms with Crippen molar-refractivity contribution in [3.8, 4) is 0 Å². The molecule has 1 atom stereocenters. The molecule has 0 aliphatic carbocycles. The van der Waals surface area contributed by atoms with Gasteiger partial charge in [0.25, 0.3) is 0 Å². The van der Waals surface area contributed by atoms with Crippen LogP contribution in [0.1, 0.15) is 41.8 Å². The molecule has 0 nitrogen and oxygen atoms in total. The lowest BCUT2D eigenvalue weighted by Gasteiger charge is -2.13. The van der Waals surface area contributed by atoms with E-state index in [0.717, 1.165) is 11.1 Å². The Balaban J connectivity index is 2.27. The Bertz CT molecular complexity index is 563. The highest BCUT2D eigenvalue weighted by Crippen LogP contribution is 2.31. The Morgan fingerprint density at radius 1 is 0.947 bits per heavy atom. The normalized spacial score (nSPS) is 12.7. The molecule has 19 heavy (non-hydrogen) atoms. The molecule has 0 saturated carbocycles. The van der Waals surface area contributed by atoms with E-state index in [-0.39, 0.29) is 11.2 Å². The maximum atomic E-state index is 13.2. The quantitative estimate of drug-likeness (QED) is 0.597. The van der Waals surface area contributed by atoms with Crippen LogP contribution in [0.2, 0.25) is 0 Å². The molecule has 0 saturated heterocycles. The van der Waals surface area contributed by atoms with Gasteiger partial charge in [-0.05, 0) is 50.7 Å². The first kappa shape index (κ1) is 14.5. The van der Waals surface area contributed by atoms with E-state index in [9.17, 15) is 4.39 Å². The molecule has 0 aliphatic heterocycles. The molecule has 2 rings (SSSR count). The summed E-state index contributed by atoms with van der Waals surface area (Å²) in [6, 6.07) is 13.1. The van der Waals surface area contributed by atoms with Gasteiger partial charge in [0.2, 0.25) is 0 Å². The Hall–Kier alpha value is -0.860. The lowest BCUT2D eigenvalue weighted by molar-refractivity contribution is 0.620. The average molecular weight is 342 g/mol. The third-order valence-electron chi connectivity index (χ3n) is 3.13. The Morgan fingerprint density at radius 3 is 2.00 bits per heavy atom. The van der Waals surface area contributed by atoms with Crippen LogP contribution in [0, 0.1) is 5.82 Å². The Morgan fingerprint density at radius 2 is 1.47 bits per heavy atom. The van der Waals surface area contributed by atoms with Gasteiger partial charge in [0.15, 0.2) is 0 Å². The summed E-state index contributed by atoms with van der Waals surface area (Å²) in [5.74, 6) is 0.227. The van der Waals surface area contributed by atoms with Crippen LogP contribution >= 0.6 is 27.5 Å². The Kier molecular flexibility index (Phi) is 4.64. The fraction of sp³-hybridized carbons (Fsp3) is 0.250. The molecule has 0 aromatic heterocycles. The van der Waals surface area contributed by atoms with Crippen LogP contribution in [0.25, 0.3) is 0 Å². The van der Waals surface area contributed by atoms with E-state index in [2.05, 4.69) is 41.9 Å². The summed E-state index contributed by atoms with van der Waals surface area (Å²) in [4.78, 5) is 0. The van der Waals surface area contributed by atoms with E-state index in [4.69, 9.17) is 11.6 Å². The van der Waals surface area contributed by atoms with Crippen molar-refractivity contribution in [3.63, 3.8) is 0 Å². The number of hydrogen-bond acceptors (Lipinski definition) is 0. The van der Waals surface area contributed by atoms with Crippen LogP contribution in [0.15, 0.2) is 46.9 Å². The summed E-state index contributed by atoms with van der Waals surface area (Å²) in [6.45, 7) is 4.31. The molecule has 0 fully saturated rings. The highest BCUT2D eigenvalue weighted by Gasteiger charge is 2.12. The van der Waals surface area contributed by atoms with Gasteiger partial charge >= 0.3 is 0 Å². The van der Waals surface area contributed by atoms with Gasteiger partial charge in [-0.2, -0.15) is 0 Å². The smallest absolute Gasteiger partial charge is 0.137 e. The highest BCUT2D eigenvalue weighted by atomic mass is 79.9. The van der Waals surface area contributed by atoms with Crippen LogP contribution < -0.4 is 0 Å². The summed E-state index contributed by atoms with van der Waals surface area (Å²) in [7, 11) is 0. The van der Waals surface area contributed by atoms with Gasteiger partial charge in [-0.1, -0.05) is 44.2 Å². The second-order valence-corrected chi connectivity index (χ2v) is 6.15. The zero-order valence-electron chi connectivity index (χ0n) is 10.8. The molecule has 0 radical (unpaired) electrons. The maximum Gasteiger partial charge on any atom is 0.137 e. The van der Waals surface area contributed by atoms with Gasteiger partial charge in [0.1, 0.15) is 5.82 Å². The minimum atomic E-state index is -0.275. The molecule has 1 unspecified atom stereocenters. The standard InChI is InChI=1S/C16H15BrClF/c1-10(2)11-3-5-12(6-4-11)16(18)13-7-8-15(19)14(17)9-13/h3-10,16H,1-2H3. The average Bonchev–Trinajstić information content (AvgIpc) is 2.41. The Labute approximate surface area is 126 Å². The van der Waals surface area contributed by atoms with Gasteiger partial charge in [0.05, 0.1) is 9.85 Å². The summed E-state index contributed by atoms with van der Waals surface area (Å²) < 4.78 is 13.7. The predicted octanol–water partition coefficient (Wildman–Crippen LogP) is 6.04. The third-order valence-corrected chi connectivity index (χ3v) is 4.24. The minimum Gasteiger partial charge on any atom is -0.206 e. The van der Waals surface area contributed by atoms with Crippen molar-refractivity contribution in [2.75, 3.05) is 0 Å². The highest BCUT2D eigenvalue weighted by molar-refractivity contribution is 9.10. The third kappa shape index (κ3) is 3.37. The molecule has 100 valence electrons. The van der Waals surface area contributed by atoms with Crippen molar-refractivity contribution in [2.45, 2.75) is 25.1 Å². The zero-order valence-corrected chi connectivity index (χ0v) is 13.2. The number of benzene rings is 2. The number of alkyl halides is 1. The van der Waals surface area contributed by atoms with Crippen LogP contribution in [-0.2, 0) is 0 Å². The second kappa shape index (κ2) is 6.06. The topological polar surface area (TPSA) is 0 Å². The van der Waals surface area contributed by atoms with Crippen molar-refractivity contribution >= 4 is 27.5 Å². The van der Waals surface area contributed by atoms with Crippen molar-refractivity contribution in [3.05, 3.63) is 69.4 Å². The van der Waals surface area contributed by atoms with Gasteiger partial charge in [-0.3, -0.25) is 0 Å². The number of halogens is 3. The van der Waals surface area contributed by atoms with Crippen molar-refractivity contribution in [1.82, 2.24) is 0 Å². The fourth-order valence-electron chi connectivity index (χ4n) is 1.91. The van der Waals surface area contributed by atoms with E-state index < -0.39 is 0 Å². The van der Waals surface area contributed by atoms with E-state index >= 15 is 0 Å². The monoisotopic (exact) mass is 340 g/mol. The minimum absolute atomic E-state index is 0.266. The lowest BCUT2D eigenvalue weighted by Crippen LogP contribution is -1.95. The largest absolute Gasteiger partial charge is 0.206 e. The number of hydrogen-bond donors (Lipinski definition) is 0. The summed E-state index contributed by atoms with van der Waals surface area (Å²) in [5.41, 5.74) is 3.18. The van der Waals surface area contributed by atoms with Crippen molar-refractivity contribution in [1.29, 1.82) is 0 Å². The van der Waals surface area contributed by atoms with Crippen molar-refractivity contribution < 1.29 is 4.39 Å². The molecule has 3 heteroatoms. The summed E-state index contributed by atoms with van der Waals surface area (Å²) in [6.07, 6.45) is 0. The first-order valence-electron chi connectivity index (χ1n) is 6.18. The van der Waals surface area contributed by atoms with E-state index in [1.54, 1.807) is 12.1 Å². The second-order valence-electron chi connectivity index (χ2n) is 4.86. The van der Waals surface area contributed by atoms with Gasteiger partial charge in [-0.15, -0.1) is 11.6 Å². The zero-order chi connectivity index (χ0) is 14.0. The fourth-order valence-corrected chi connectivity index (χ4v) is 2.59. The predicted molar refractivity (Wildman–Crippen MR) is 82.3 cm³/mol. The molecule has 2 aromatic rings. The van der Waals surface area contributed by atoms with Crippen LogP contribution in [0.4, 0.5) is 4.39 Å². The molecule has 0 heterocycles. The van der Waals surface area contributed by atoms with Gasteiger partial charge < -0.3 is 0 Å². The summed E-state index contributed by atoms with van der Waals surface area (Å²) >= 11 is 9.63. The summed E-state index contributed by atoms with van der Waals surface area (Å²) in [5, 5.41) is -0.266. The molecular weight excluding hydrogens is 327 g/mol. The SMILES string of the molecule is CC(C)c1ccc(C(Cl)c2ccc(F)c(Br)c2)cc1. The van der Waals surface area contributed by atoms with Crippen LogP contribution in [0.5, 0.6) is 0 Å². The molecule has 0 aliphatic rings. The molecule has 0 spiro atoms. The van der Waals surface area contributed by atoms with Gasteiger partial charge in [-0.25, -0.2) is 4.39 Å². The lowest BCUT2D eigenvalue weighted by atomic mass is 9.98. The molecular formula is C16H15BrClF. The van der Waals surface area contributed by atoms with E-state index in [0.29, 0.717) is 10.4 Å². The maximum absolute atomic E-state index is 13.2. The molecule has 0 N–H and O–H groups in total. The van der Waals surface area contributed by atoms with E-state index in [1.807, 2.05) is 12.1 Å². The van der Waals surface area contributed by atoms with Crippen molar-refractivity contribution in [2.24, 2.45) is 0 Å². The van der Waals surface area contributed by atoms with Gasteiger partial charge in [0, 0.05) is 0 Å². The first-order valence-corrected chi connectivity index (χ1v) is 7.41. The van der Waals surface area contributed by atoms with E-state index in [1.165, 1.54) is 11.6 Å². The van der Waals surface area contributed by atoms with Crippen LogP contribution in [-0.4, -0.2) is 0 Å². The molecule has 0 amide bonds. The molecule has 0 bridgehead atoms. The van der Waals surface area contributed by atoms with Crippen LogP contribution in [0.3, 0.4) is 0 Å². The first-order chi connectivity index (χ1) is 8.99. The molecule has 2 aromatic carbocycles.